The molecule has 3 unspecified atom stereocenters. The number of hydrogen-bond donors (Lipinski definition) is 0. The van der Waals surface area contributed by atoms with Gasteiger partial charge in [0, 0.05) is 22.8 Å². The van der Waals surface area contributed by atoms with Gasteiger partial charge in [-0.15, -0.1) is 0 Å². The second-order valence-electron chi connectivity index (χ2n) is 13.5. The predicted octanol–water partition coefficient (Wildman–Crippen LogP) is 12.2. The number of benzene rings is 5. The van der Waals surface area contributed by atoms with Gasteiger partial charge in [-0.25, -0.2) is 0 Å². The lowest BCUT2D eigenvalue weighted by atomic mass is 10.0. The Morgan fingerprint density at radius 1 is 0.549 bits per heavy atom. The number of allylic oxidation sites excluding steroid dienone is 8. The second kappa shape index (κ2) is 12.2. The summed E-state index contributed by atoms with van der Waals surface area (Å²) in [5.74, 6) is 0. The fraction of sp³-hybridized carbons (Fsp3) is 0.116. The number of anilines is 7. The Morgan fingerprint density at radius 3 is 1.63 bits per heavy atom. The molecule has 4 aliphatic rings. The topological polar surface area (TPSA) is 47.1 Å². The lowest BCUT2D eigenvalue weighted by Gasteiger charge is -2.44. The molecule has 3 atom stereocenters. The molecule has 51 heavy (non-hydrogen) atoms. The maximum atomic E-state index is 16.9. The van der Waals surface area contributed by atoms with Crippen LogP contribution in [-0.2, 0) is 9.13 Å². The monoisotopic (exact) mass is 704 g/mol. The van der Waals surface area contributed by atoms with Crippen molar-refractivity contribution >= 4 is 60.0 Å². The zero-order chi connectivity index (χ0) is 34.6. The molecule has 8 heteroatoms. The van der Waals surface area contributed by atoms with Crippen LogP contribution in [0.25, 0.3) is 0 Å². The third-order valence-electron chi connectivity index (χ3n) is 10.3. The number of para-hydroxylation sites is 3. The molecular weight excluding hydrogens is 666 g/mol. The summed E-state index contributed by atoms with van der Waals surface area (Å²) >= 11 is 0. The van der Waals surface area contributed by atoms with Crippen LogP contribution in [0.3, 0.4) is 0 Å². The molecule has 0 saturated heterocycles. The largest absolute Gasteiger partial charge is 0.301 e. The van der Waals surface area contributed by atoms with Gasteiger partial charge in [-0.2, -0.15) is 0 Å². The Kier molecular flexibility index (Phi) is 7.58. The van der Waals surface area contributed by atoms with E-state index in [4.69, 9.17) is 0 Å². The fourth-order valence-corrected chi connectivity index (χ4v) is 14.6. The SMILES string of the molecule is CC1(P2(=O)N(C3=CC=CCC3)c3ccc4c(c3N2c2ccccc2)N(c2ccccc2)P(=O)(c2ccccc2)N4c2ccccc2)C=CC=CC1. The Balaban J connectivity index is 1.44. The van der Waals surface area contributed by atoms with Crippen LogP contribution in [0.1, 0.15) is 26.2 Å². The molecule has 5 aromatic carbocycles. The van der Waals surface area contributed by atoms with Gasteiger partial charge in [0.1, 0.15) is 0 Å². The molecule has 0 bridgehead atoms. The van der Waals surface area contributed by atoms with Gasteiger partial charge >= 0.3 is 7.44 Å². The summed E-state index contributed by atoms with van der Waals surface area (Å²) < 4.78 is 41.9. The normalized spacial score (nSPS) is 24.8. The zero-order valence-electron chi connectivity index (χ0n) is 28.4. The van der Waals surface area contributed by atoms with E-state index >= 15 is 9.13 Å². The number of nitrogens with zero attached hydrogens (tertiary/aromatic N) is 4. The van der Waals surface area contributed by atoms with Crippen LogP contribution in [-0.4, -0.2) is 5.16 Å². The van der Waals surface area contributed by atoms with E-state index in [-0.39, 0.29) is 0 Å². The minimum Gasteiger partial charge on any atom is -0.276 e. The van der Waals surface area contributed by atoms with Crippen LogP contribution in [0.4, 0.5) is 39.8 Å². The quantitative estimate of drug-likeness (QED) is 0.164. The van der Waals surface area contributed by atoms with Gasteiger partial charge < -0.3 is 0 Å². The lowest BCUT2D eigenvalue weighted by Crippen LogP contribution is -2.37. The van der Waals surface area contributed by atoms with Gasteiger partial charge in [0.15, 0.2) is 0 Å². The van der Waals surface area contributed by atoms with Crippen molar-refractivity contribution in [2.45, 2.75) is 31.3 Å². The van der Waals surface area contributed by atoms with E-state index in [0.717, 1.165) is 58.4 Å². The molecule has 0 radical (unpaired) electrons. The standard InChI is InChI=1S/C43H38N4O2P2/c1-43(32-18-7-19-33-43)51(49)45(35-22-10-3-11-23-35)40-31-30-39-41(42(40)47(51)37-26-14-5-15-27-37)46(36-24-12-4-13-25-36)50(48,38-28-16-6-17-29-38)44(39)34-20-8-2-9-21-34/h2-10,12-22,24-32H,11,23,33H2,1H3. The first kappa shape index (κ1) is 31.7. The highest BCUT2D eigenvalue weighted by Gasteiger charge is 2.61. The van der Waals surface area contributed by atoms with Gasteiger partial charge in [-0.3, -0.25) is 27.8 Å². The molecule has 252 valence electrons. The van der Waals surface area contributed by atoms with Crippen LogP contribution in [0.2, 0.25) is 0 Å². The number of fused-ring (bicyclic) bond motifs is 3. The van der Waals surface area contributed by atoms with E-state index in [1.165, 1.54) is 0 Å². The highest BCUT2D eigenvalue weighted by Crippen LogP contribution is 2.82. The molecule has 5 aromatic rings. The van der Waals surface area contributed by atoms with E-state index in [1.54, 1.807) is 0 Å². The zero-order valence-corrected chi connectivity index (χ0v) is 30.2. The average Bonchev–Trinajstić information content (AvgIpc) is 3.63. The third-order valence-corrected chi connectivity index (χ3v) is 16.9. The van der Waals surface area contributed by atoms with Gasteiger partial charge in [-0.1, -0.05) is 109 Å². The van der Waals surface area contributed by atoms with E-state index in [1.807, 2.05) is 143 Å². The van der Waals surface area contributed by atoms with Crippen LogP contribution < -0.4 is 24.0 Å². The molecule has 0 spiro atoms. The van der Waals surface area contributed by atoms with Crippen LogP contribution in [0.15, 0.2) is 182 Å². The first-order chi connectivity index (χ1) is 25.0. The van der Waals surface area contributed by atoms with Crippen molar-refractivity contribution in [1.29, 1.82) is 0 Å². The summed E-state index contributed by atoms with van der Waals surface area (Å²) in [6, 6.07) is 44.1. The maximum absolute atomic E-state index is 16.9. The average molecular weight is 705 g/mol. The summed E-state index contributed by atoms with van der Waals surface area (Å²) in [5.41, 5.74) is 6.67. The molecule has 6 nitrogen and oxygen atoms in total. The van der Waals surface area contributed by atoms with Crippen LogP contribution in [0.5, 0.6) is 0 Å². The second-order valence-corrected chi connectivity index (χ2v) is 18.8. The van der Waals surface area contributed by atoms with E-state index in [0.29, 0.717) is 11.7 Å². The van der Waals surface area contributed by atoms with E-state index < -0.39 is 20.0 Å². The fourth-order valence-electron chi connectivity index (χ4n) is 7.97. The smallest absolute Gasteiger partial charge is 0.276 e. The molecule has 0 N–H and O–H groups in total. The summed E-state index contributed by atoms with van der Waals surface area (Å²) in [6.07, 6.45) is 16.9. The molecule has 0 amide bonds. The van der Waals surface area contributed by atoms with Crippen molar-refractivity contribution in [3.05, 3.63) is 182 Å². The van der Waals surface area contributed by atoms with Gasteiger partial charge in [0.05, 0.1) is 33.2 Å². The molecule has 0 aromatic heterocycles. The first-order valence-electron chi connectivity index (χ1n) is 17.5. The van der Waals surface area contributed by atoms with Crippen molar-refractivity contribution in [1.82, 2.24) is 0 Å². The van der Waals surface area contributed by atoms with Crippen molar-refractivity contribution in [2.75, 3.05) is 18.7 Å². The molecular formula is C43H38N4O2P2. The summed E-state index contributed by atoms with van der Waals surface area (Å²) in [6.45, 7) is 2.13. The van der Waals surface area contributed by atoms with Crippen molar-refractivity contribution < 1.29 is 9.13 Å². The van der Waals surface area contributed by atoms with Crippen molar-refractivity contribution in [3.8, 4) is 0 Å². The molecule has 2 heterocycles. The van der Waals surface area contributed by atoms with E-state index in [2.05, 4.69) is 58.8 Å². The Bertz CT molecular complexity index is 2340. The summed E-state index contributed by atoms with van der Waals surface area (Å²) in [4.78, 5) is 0. The molecule has 0 saturated carbocycles. The van der Waals surface area contributed by atoms with Crippen LogP contribution >= 0.6 is 14.9 Å². The highest BCUT2D eigenvalue weighted by molar-refractivity contribution is 7.76. The maximum Gasteiger partial charge on any atom is 0.301 e. The number of rotatable bonds is 6. The molecule has 2 aliphatic heterocycles. The van der Waals surface area contributed by atoms with E-state index in [9.17, 15) is 0 Å². The summed E-state index contributed by atoms with van der Waals surface area (Å²) in [5, 5.41) is -0.0383. The summed E-state index contributed by atoms with van der Waals surface area (Å²) in [7, 11) is -7.29. The van der Waals surface area contributed by atoms with Gasteiger partial charge in [0.25, 0.3) is 7.44 Å². The molecule has 0 fully saturated rings. The minimum absolute atomic E-state index is 0.612. The minimum atomic E-state index is -3.68. The third kappa shape index (κ3) is 4.63. The van der Waals surface area contributed by atoms with Crippen molar-refractivity contribution in [2.24, 2.45) is 0 Å². The molecule has 2 aliphatic carbocycles. The lowest BCUT2D eigenvalue weighted by molar-refractivity contribution is 0.549. The Labute approximate surface area is 299 Å². The Hall–Kier alpha value is -5.28. The van der Waals surface area contributed by atoms with Crippen LogP contribution in [0, 0.1) is 0 Å². The Morgan fingerprint density at radius 2 is 1.08 bits per heavy atom. The van der Waals surface area contributed by atoms with Crippen molar-refractivity contribution in [3.63, 3.8) is 0 Å². The highest BCUT2D eigenvalue weighted by atomic mass is 31.2. The van der Waals surface area contributed by atoms with Gasteiger partial charge in [-0.05, 0) is 92.9 Å². The predicted molar refractivity (Wildman–Crippen MR) is 214 cm³/mol. The van der Waals surface area contributed by atoms with Gasteiger partial charge in [0.2, 0.25) is 0 Å². The first-order valence-corrected chi connectivity index (χ1v) is 20.7. The number of hydrogen-bond acceptors (Lipinski definition) is 2. The molecule has 9 rings (SSSR count).